The molecule has 0 unspecified atom stereocenters. The highest BCUT2D eigenvalue weighted by Crippen LogP contribution is 2.24. The molecular weight excluding hydrogens is 358 g/mol. The highest BCUT2D eigenvalue weighted by molar-refractivity contribution is 5.93. The summed E-state index contributed by atoms with van der Waals surface area (Å²) in [6.45, 7) is 1.85. The number of rotatable bonds is 10. The lowest BCUT2D eigenvalue weighted by Crippen LogP contribution is -2.30. The summed E-state index contributed by atoms with van der Waals surface area (Å²) < 4.78 is 21.4. The van der Waals surface area contributed by atoms with E-state index in [1.54, 1.807) is 28.4 Å². The van der Waals surface area contributed by atoms with Crippen LogP contribution >= 0.6 is 0 Å². The number of aliphatic imine (C=N–C) groups is 1. The van der Waals surface area contributed by atoms with Gasteiger partial charge in [0.1, 0.15) is 17.2 Å². The first-order valence-electron chi connectivity index (χ1n) is 9.10. The summed E-state index contributed by atoms with van der Waals surface area (Å²) in [7, 11) is 6.69. The van der Waals surface area contributed by atoms with Gasteiger partial charge < -0.3 is 29.6 Å². The Labute approximate surface area is 166 Å². The van der Waals surface area contributed by atoms with E-state index in [9.17, 15) is 0 Å². The molecule has 0 saturated carbocycles. The summed E-state index contributed by atoms with van der Waals surface area (Å²) in [6, 6.07) is 13.5. The van der Waals surface area contributed by atoms with Gasteiger partial charge in [0, 0.05) is 57.1 Å². The van der Waals surface area contributed by atoms with Crippen molar-refractivity contribution in [2.75, 3.05) is 46.9 Å². The Hall–Kier alpha value is -2.93. The normalized spacial score (nSPS) is 11.1. The van der Waals surface area contributed by atoms with Crippen molar-refractivity contribution >= 4 is 11.6 Å². The van der Waals surface area contributed by atoms with Gasteiger partial charge in [-0.05, 0) is 24.3 Å². The smallest absolute Gasteiger partial charge is 0.195 e. The van der Waals surface area contributed by atoms with Crippen molar-refractivity contribution in [1.29, 1.82) is 0 Å². The Kier molecular flexibility index (Phi) is 8.94. The Balaban J connectivity index is 1.94. The molecule has 0 aromatic heterocycles. The lowest BCUT2D eigenvalue weighted by Gasteiger charge is -2.15. The zero-order valence-corrected chi connectivity index (χ0v) is 17.0. The number of ether oxygens (including phenoxy) is 4. The fraction of sp³-hybridized carbons (Fsp3) is 0.381. The van der Waals surface area contributed by atoms with Crippen molar-refractivity contribution in [2.24, 2.45) is 4.99 Å². The van der Waals surface area contributed by atoms with Crippen LogP contribution in [0.5, 0.6) is 17.2 Å². The molecule has 0 fully saturated rings. The van der Waals surface area contributed by atoms with E-state index in [1.165, 1.54) is 0 Å². The summed E-state index contributed by atoms with van der Waals surface area (Å²) in [5, 5.41) is 6.56. The van der Waals surface area contributed by atoms with E-state index in [1.807, 2.05) is 42.5 Å². The molecule has 7 nitrogen and oxygen atoms in total. The van der Waals surface area contributed by atoms with Gasteiger partial charge in [-0.15, -0.1) is 0 Å². The molecule has 7 heteroatoms. The molecule has 2 aromatic carbocycles. The lowest BCUT2D eigenvalue weighted by molar-refractivity contribution is 0.172. The standard InChI is InChI=1S/C21H29N3O4/c1-22-21(23-15-16-9-10-18(26-3)14-20(16)27-4)24-17-7-5-8-19(13-17)28-12-6-11-25-2/h5,7-10,13-14H,6,11-12,15H2,1-4H3,(H2,22,23,24). The van der Waals surface area contributed by atoms with Crippen LogP contribution in [0.2, 0.25) is 0 Å². The molecule has 0 radical (unpaired) electrons. The lowest BCUT2D eigenvalue weighted by atomic mass is 10.2. The van der Waals surface area contributed by atoms with E-state index in [2.05, 4.69) is 15.6 Å². The van der Waals surface area contributed by atoms with Crippen LogP contribution in [0, 0.1) is 0 Å². The Morgan fingerprint density at radius 1 is 0.964 bits per heavy atom. The SMILES string of the molecule is CN=C(NCc1ccc(OC)cc1OC)Nc1cccc(OCCCOC)c1. The average molecular weight is 387 g/mol. The Bertz CT molecular complexity index is 765. The van der Waals surface area contributed by atoms with Crippen molar-refractivity contribution in [1.82, 2.24) is 5.32 Å². The van der Waals surface area contributed by atoms with Crippen molar-refractivity contribution < 1.29 is 18.9 Å². The molecule has 2 N–H and O–H groups in total. The number of hydrogen-bond acceptors (Lipinski definition) is 5. The number of nitrogens with one attached hydrogen (secondary N) is 2. The van der Waals surface area contributed by atoms with Gasteiger partial charge in [-0.25, -0.2) is 0 Å². The zero-order valence-electron chi connectivity index (χ0n) is 17.0. The highest BCUT2D eigenvalue weighted by atomic mass is 16.5. The second-order valence-electron chi connectivity index (χ2n) is 5.95. The summed E-state index contributed by atoms with van der Waals surface area (Å²) >= 11 is 0. The van der Waals surface area contributed by atoms with E-state index in [-0.39, 0.29) is 0 Å². The minimum Gasteiger partial charge on any atom is -0.497 e. The van der Waals surface area contributed by atoms with Gasteiger partial charge in [-0.3, -0.25) is 4.99 Å². The number of anilines is 1. The van der Waals surface area contributed by atoms with Gasteiger partial charge in [0.25, 0.3) is 0 Å². The van der Waals surface area contributed by atoms with Gasteiger partial charge in [-0.2, -0.15) is 0 Å². The molecular formula is C21H29N3O4. The van der Waals surface area contributed by atoms with E-state index in [0.717, 1.165) is 34.9 Å². The predicted molar refractivity (Wildman–Crippen MR) is 112 cm³/mol. The molecule has 2 aromatic rings. The van der Waals surface area contributed by atoms with Gasteiger partial charge >= 0.3 is 0 Å². The molecule has 0 heterocycles. The first-order valence-corrected chi connectivity index (χ1v) is 9.10. The van der Waals surface area contributed by atoms with Crippen molar-refractivity contribution in [3.63, 3.8) is 0 Å². The van der Waals surface area contributed by atoms with Gasteiger partial charge in [0.2, 0.25) is 0 Å². The van der Waals surface area contributed by atoms with Gasteiger partial charge in [0.15, 0.2) is 5.96 Å². The monoisotopic (exact) mass is 387 g/mol. The van der Waals surface area contributed by atoms with Crippen LogP contribution in [0.1, 0.15) is 12.0 Å². The third-order valence-electron chi connectivity index (χ3n) is 4.02. The third-order valence-corrected chi connectivity index (χ3v) is 4.02. The molecule has 0 saturated heterocycles. The number of methoxy groups -OCH3 is 3. The zero-order chi connectivity index (χ0) is 20.2. The van der Waals surface area contributed by atoms with Crippen LogP contribution in [-0.2, 0) is 11.3 Å². The molecule has 0 aliphatic rings. The Morgan fingerprint density at radius 3 is 2.54 bits per heavy atom. The summed E-state index contributed by atoms with van der Waals surface area (Å²) in [4.78, 5) is 4.28. The van der Waals surface area contributed by atoms with Crippen molar-refractivity contribution in [3.05, 3.63) is 48.0 Å². The summed E-state index contributed by atoms with van der Waals surface area (Å²) in [6.07, 6.45) is 0.848. The molecule has 28 heavy (non-hydrogen) atoms. The molecule has 0 aliphatic heterocycles. The maximum atomic E-state index is 5.74. The summed E-state index contributed by atoms with van der Waals surface area (Å²) in [5.41, 5.74) is 1.89. The van der Waals surface area contributed by atoms with E-state index >= 15 is 0 Å². The number of benzene rings is 2. The van der Waals surface area contributed by atoms with E-state index in [4.69, 9.17) is 18.9 Å². The topological polar surface area (TPSA) is 73.3 Å². The molecule has 0 aliphatic carbocycles. The van der Waals surface area contributed by atoms with Gasteiger partial charge in [-0.1, -0.05) is 6.07 Å². The first-order chi connectivity index (χ1) is 13.7. The van der Waals surface area contributed by atoms with Crippen molar-refractivity contribution in [2.45, 2.75) is 13.0 Å². The fourth-order valence-electron chi connectivity index (χ4n) is 2.55. The molecule has 2 rings (SSSR count). The highest BCUT2D eigenvalue weighted by Gasteiger charge is 2.07. The van der Waals surface area contributed by atoms with Crippen LogP contribution in [0.3, 0.4) is 0 Å². The largest absolute Gasteiger partial charge is 0.497 e. The van der Waals surface area contributed by atoms with Crippen LogP contribution < -0.4 is 24.8 Å². The number of nitrogens with zero attached hydrogens (tertiary/aromatic N) is 1. The Morgan fingerprint density at radius 2 is 1.82 bits per heavy atom. The molecule has 0 bridgehead atoms. The van der Waals surface area contributed by atoms with Crippen molar-refractivity contribution in [3.8, 4) is 17.2 Å². The van der Waals surface area contributed by atoms with Crippen LogP contribution in [0.4, 0.5) is 5.69 Å². The molecule has 152 valence electrons. The number of guanidine groups is 1. The van der Waals surface area contributed by atoms with Crippen LogP contribution in [-0.4, -0.2) is 47.6 Å². The molecule has 0 spiro atoms. The first kappa shape index (κ1) is 21.4. The second-order valence-corrected chi connectivity index (χ2v) is 5.95. The van der Waals surface area contributed by atoms with Crippen LogP contribution in [0.25, 0.3) is 0 Å². The minimum atomic E-state index is 0.556. The van der Waals surface area contributed by atoms with Crippen LogP contribution in [0.15, 0.2) is 47.5 Å². The third kappa shape index (κ3) is 6.66. The number of hydrogen-bond donors (Lipinski definition) is 2. The average Bonchev–Trinajstić information content (AvgIpc) is 2.74. The van der Waals surface area contributed by atoms with Gasteiger partial charge in [0.05, 0.1) is 20.8 Å². The minimum absolute atomic E-state index is 0.556. The maximum absolute atomic E-state index is 5.74. The quantitative estimate of drug-likeness (QED) is 0.370. The second kappa shape index (κ2) is 11.7. The molecule has 0 atom stereocenters. The molecule has 0 amide bonds. The maximum Gasteiger partial charge on any atom is 0.195 e. The fourth-order valence-corrected chi connectivity index (χ4v) is 2.55. The predicted octanol–water partition coefficient (Wildman–Crippen LogP) is 3.31. The van der Waals surface area contributed by atoms with E-state index < -0.39 is 0 Å². The summed E-state index contributed by atoms with van der Waals surface area (Å²) in [5.74, 6) is 2.96. The van der Waals surface area contributed by atoms with E-state index in [0.29, 0.717) is 25.7 Å².